The third kappa shape index (κ3) is 2.35. The number of phenolic OH excluding ortho intramolecular Hbond substituents is 1. The Balaban J connectivity index is 1.57. The monoisotopic (exact) mass is 394 g/mol. The third-order valence-corrected chi connectivity index (χ3v) is 7.00. The fraction of sp³-hybridized carbons (Fsp3) is 0.222. The number of hydrogen-bond donors (Lipinski definition) is 1. The summed E-state index contributed by atoms with van der Waals surface area (Å²) in [5.41, 5.74) is 3.64. The second-order valence-corrected chi connectivity index (χ2v) is 8.63. The summed E-state index contributed by atoms with van der Waals surface area (Å²) in [6, 6.07) is 19.5. The van der Waals surface area contributed by atoms with Gasteiger partial charge in [-0.2, -0.15) is 0 Å². The van der Waals surface area contributed by atoms with Crippen molar-refractivity contribution in [1.82, 2.24) is 0 Å². The highest BCUT2D eigenvalue weighted by Crippen LogP contribution is 2.61. The molecule has 0 aromatic heterocycles. The molecular weight excluding hydrogens is 372 g/mol. The van der Waals surface area contributed by atoms with Gasteiger partial charge in [0, 0.05) is 21.9 Å². The van der Waals surface area contributed by atoms with Crippen molar-refractivity contribution in [3.05, 3.63) is 82.9 Å². The Hall–Kier alpha value is -3.33. The van der Waals surface area contributed by atoms with Gasteiger partial charge in [-0.05, 0) is 60.4 Å². The van der Waals surface area contributed by atoms with Crippen LogP contribution < -0.4 is 4.74 Å². The van der Waals surface area contributed by atoms with Crippen LogP contribution in [0.2, 0.25) is 0 Å². The molecule has 0 spiro atoms. The lowest BCUT2D eigenvalue weighted by Crippen LogP contribution is -2.13. The minimum atomic E-state index is -0.341. The van der Waals surface area contributed by atoms with Crippen LogP contribution in [0.4, 0.5) is 0 Å². The molecule has 1 fully saturated rings. The number of rotatable bonds is 2. The van der Waals surface area contributed by atoms with Gasteiger partial charge < -0.3 is 9.84 Å². The molecule has 0 radical (unpaired) electrons. The van der Waals surface area contributed by atoms with Gasteiger partial charge in [-0.3, -0.25) is 0 Å². The first-order chi connectivity index (χ1) is 14.6. The molecule has 6 rings (SSSR count). The van der Waals surface area contributed by atoms with Gasteiger partial charge in [-0.15, -0.1) is 0 Å². The molecule has 148 valence electrons. The SMILES string of the molecule is Cc1cccc2c(O)c3c(c(OC(=O)c4cccc5ccccc45)c12)C1CCC3C1. The lowest BCUT2D eigenvalue weighted by atomic mass is 9.86. The molecule has 0 aliphatic heterocycles. The molecule has 4 aromatic carbocycles. The van der Waals surface area contributed by atoms with Crippen molar-refractivity contribution in [2.45, 2.75) is 38.0 Å². The van der Waals surface area contributed by atoms with E-state index in [1.54, 1.807) is 0 Å². The predicted octanol–water partition coefficient (Wildman–Crippen LogP) is 6.59. The molecule has 2 unspecified atom stereocenters. The maximum absolute atomic E-state index is 13.4. The summed E-state index contributed by atoms with van der Waals surface area (Å²) in [6.07, 6.45) is 3.23. The van der Waals surface area contributed by atoms with Crippen molar-refractivity contribution >= 4 is 27.5 Å². The van der Waals surface area contributed by atoms with Crippen LogP contribution in [-0.2, 0) is 0 Å². The molecule has 1 saturated carbocycles. The fourth-order valence-corrected chi connectivity index (χ4v) is 5.68. The molecular formula is C27H22O3. The summed E-state index contributed by atoms with van der Waals surface area (Å²) < 4.78 is 6.20. The van der Waals surface area contributed by atoms with Crippen LogP contribution in [0.1, 0.15) is 58.1 Å². The average molecular weight is 394 g/mol. The van der Waals surface area contributed by atoms with Gasteiger partial charge in [0.25, 0.3) is 0 Å². The van der Waals surface area contributed by atoms with E-state index in [0.717, 1.165) is 57.5 Å². The highest BCUT2D eigenvalue weighted by atomic mass is 16.5. The lowest BCUT2D eigenvalue weighted by molar-refractivity contribution is 0.0737. The van der Waals surface area contributed by atoms with Crippen LogP contribution in [0.5, 0.6) is 11.5 Å². The molecule has 2 bridgehead atoms. The number of hydrogen-bond acceptors (Lipinski definition) is 3. The first kappa shape index (κ1) is 17.5. The van der Waals surface area contributed by atoms with E-state index in [-0.39, 0.29) is 5.97 Å². The molecule has 2 aliphatic rings. The number of fused-ring (bicyclic) bond motifs is 7. The van der Waals surface area contributed by atoms with Crippen molar-refractivity contribution in [3.8, 4) is 11.5 Å². The predicted molar refractivity (Wildman–Crippen MR) is 119 cm³/mol. The van der Waals surface area contributed by atoms with Gasteiger partial charge in [-0.25, -0.2) is 4.79 Å². The summed E-state index contributed by atoms with van der Waals surface area (Å²) in [6.45, 7) is 2.01. The second-order valence-electron chi connectivity index (χ2n) is 8.63. The van der Waals surface area contributed by atoms with E-state index in [1.165, 1.54) is 0 Å². The molecule has 0 saturated heterocycles. The molecule has 30 heavy (non-hydrogen) atoms. The largest absolute Gasteiger partial charge is 0.507 e. The number of aromatic hydroxyl groups is 1. The summed E-state index contributed by atoms with van der Waals surface area (Å²) in [5, 5.41) is 14.6. The lowest BCUT2D eigenvalue weighted by Gasteiger charge is -2.23. The fourth-order valence-electron chi connectivity index (χ4n) is 5.68. The zero-order valence-corrected chi connectivity index (χ0v) is 16.8. The number of ether oxygens (including phenoxy) is 1. The average Bonchev–Trinajstić information content (AvgIpc) is 3.38. The van der Waals surface area contributed by atoms with Crippen molar-refractivity contribution in [3.63, 3.8) is 0 Å². The first-order valence-corrected chi connectivity index (χ1v) is 10.6. The Morgan fingerprint density at radius 2 is 1.60 bits per heavy atom. The standard InChI is InChI=1S/C27H22O3/c1-15-6-4-11-21-22(15)26(24-18-13-12-17(14-18)23(24)25(21)28)30-27(29)20-10-5-8-16-7-2-3-9-19(16)20/h2-11,17-18,28H,12-14H2,1H3. The number of carbonyl (C=O) groups is 1. The molecule has 3 nitrogen and oxygen atoms in total. The zero-order valence-electron chi connectivity index (χ0n) is 16.8. The van der Waals surface area contributed by atoms with E-state index >= 15 is 0 Å². The van der Waals surface area contributed by atoms with E-state index < -0.39 is 0 Å². The Morgan fingerprint density at radius 1 is 0.900 bits per heavy atom. The third-order valence-electron chi connectivity index (χ3n) is 7.00. The zero-order chi connectivity index (χ0) is 20.4. The summed E-state index contributed by atoms with van der Waals surface area (Å²) in [5.74, 6) is 1.41. The quantitative estimate of drug-likeness (QED) is 0.308. The molecule has 3 heteroatoms. The van der Waals surface area contributed by atoms with Crippen molar-refractivity contribution in [2.24, 2.45) is 0 Å². The van der Waals surface area contributed by atoms with Crippen LogP contribution in [-0.4, -0.2) is 11.1 Å². The van der Waals surface area contributed by atoms with Crippen molar-refractivity contribution < 1.29 is 14.6 Å². The molecule has 0 amide bonds. The molecule has 2 atom stereocenters. The van der Waals surface area contributed by atoms with Crippen LogP contribution in [0.3, 0.4) is 0 Å². The van der Waals surface area contributed by atoms with Crippen LogP contribution >= 0.6 is 0 Å². The van der Waals surface area contributed by atoms with E-state index in [9.17, 15) is 9.90 Å². The first-order valence-electron chi connectivity index (χ1n) is 10.6. The number of esters is 1. The van der Waals surface area contributed by atoms with Gasteiger partial charge in [0.05, 0.1) is 5.56 Å². The highest BCUT2D eigenvalue weighted by molar-refractivity contribution is 6.07. The van der Waals surface area contributed by atoms with Gasteiger partial charge in [0.1, 0.15) is 11.5 Å². The van der Waals surface area contributed by atoms with E-state index in [2.05, 4.69) is 0 Å². The Labute approximate surface area is 174 Å². The minimum Gasteiger partial charge on any atom is -0.507 e. The maximum atomic E-state index is 13.4. The smallest absolute Gasteiger partial charge is 0.344 e. The number of carbonyl (C=O) groups excluding carboxylic acids is 1. The van der Waals surface area contributed by atoms with E-state index in [1.807, 2.05) is 67.6 Å². The van der Waals surface area contributed by atoms with Crippen molar-refractivity contribution in [1.29, 1.82) is 0 Å². The summed E-state index contributed by atoms with van der Waals surface area (Å²) in [7, 11) is 0. The number of benzene rings is 4. The molecule has 2 aliphatic carbocycles. The van der Waals surface area contributed by atoms with Gasteiger partial charge in [-0.1, -0.05) is 54.6 Å². The molecule has 4 aromatic rings. The minimum absolute atomic E-state index is 0.341. The highest BCUT2D eigenvalue weighted by Gasteiger charge is 2.43. The van der Waals surface area contributed by atoms with Gasteiger partial charge >= 0.3 is 5.97 Å². The van der Waals surface area contributed by atoms with Crippen LogP contribution in [0.25, 0.3) is 21.5 Å². The second kappa shape index (κ2) is 6.33. The summed E-state index contributed by atoms with van der Waals surface area (Å²) in [4.78, 5) is 13.4. The van der Waals surface area contributed by atoms with Gasteiger partial charge in [0.15, 0.2) is 0 Å². The van der Waals surface area contributed by atoms with E-state index in [0.29, 0.717) is 28.9 Å². The maximum Gasteiger partial charge on any atom is 0.344 e. The Bertz CT molecular complexity index is 1350. The van der Waals surface area contributed by atoms with Crippen molar-refractivity contribution in [2.75, 3.05) is 0 Å². The van der Waals surface area contributed by atoms with E-state index in [4.69, 9.17) is 4.74 Å². The Morgan fingerprint density at radius 3 is 2.47 bits per heavy atom. The topological polar surface area (TPSA) is 46.5 Å². The number of aryl methyl sites for hydroxylation is 1. The Kier molecular flexibility index (Phi) is 3.70. The normalized spacial score (nSPS) is 19.4. The van der Waals surface area contributed by atoms with Gasteiger partial charge in [0.2, 0.25) is 0 Å². The summed E-state index contributed by atoms with van der Waals surface area (Å²) >= 11 is 0. The van der Waals surface area contributed by atoms with Crippen LogP contribution in [0.15, 0.2) is 60.7 Å². The van der Waals surface area contributed by atoms with Crippen LogP contribution in [0, 0.1) is 6.92 Å². The molecule has 1 N–H and O–H groups in total. The number of phenols is 1. The molecule has 0 heterocycles.